The number of sulfonamides is 1. The maximum absolute atomic E-state index is 13.7. The largest absolute Gasteiger partial charge is 0.298 e. The van der Waals surface area contributed by atoms with Crippen molar-refractivity contribution >= 4 is 33.6 Å². The molecule has 4 nitrogen and oxygen atoms in total. The summed E-state index contributed by atoms with van der Waals surface area (Å²) in [6.45, 7) is 1.69. The van der Waals surface area contributed by atoms with Gasteiger partial charge in [-0.3, -0.25) is 9.52 Å². The Kier molecular flexibility index (Phi) is 4.47. The summed E-state index contributed by atoms with van der Waals surface area (Å²) in [5.41, 5.74) is -0.631. The zero-order chi connectivity index (χ0) is 13.1. The minimum atomic E-state index is -3.59. The van der Waals surface area contributed by atoms with Gasteiger partial charge in [0.1, 0.15) is 0 Å². The lowest BCUT2D eigenvalue weighted by molar-refractivity contribution is 0.112. The quantitative estimate of drug-likeness (QED) is 0.842. The lowest BCUT2D eigenvalue weighted by atomic mass is 10.2. The van der Waals surface area contributed by atoms with Crippen LogP contribution in [-0.2, 0) is 10.0 Å². The summed E-state index contributed by atoms with van der Waals surface area (Å²) in [6, 6.07) is 2.44. The van der Waals surface area contributed by atoms with Crippen LogP contribution in [-0.4, -0.2) is 20.5 Å². The van der Waals surface area contributed by atoms with Crippen LogP contribution in [0.4, 0.5) is 10.1 Å². The average molecular weight is 280 g/mol. The third kappa shape index (κ3) is 3.41. The molecule has 0 bridgehead atoms. The third-order valence-corrected chi connectivity index (χ3v) is 3.79. The first-order chi connectivity index (χ1) is 7.91. The van der Waals surface area contributed by atoms with E-state index in [2.05, 4.69) is 4.72 Å². The minimum absolute atomic E-state index is 0.0593. The maximum atomic E-state index is 13.7. The van der Waals surface area contributed by atoms with Gasteiger partial charge in [0.15, 0.2) is 12.1 Å². The molecule has 1 rings (SSSR count). The molecule has 94 valence electrons. The Hall–Kier alpha value is -1.14. The number of benzene rings is 1. The van der Waals surface area contributed by atoms with Gasteiger partial charge in [-0.15, -0.1) is 0 Å². The first-order valence-electron chi connectivity index (χ1n) is 4.85. The van der Waals surface area contributed by atoms with Crippen LogP contribution in [0.3, 0.4) is 0 Å². The number of nitrogens with one attached hydrogen (secondary N) is 1. The predicted octanol–water partition coefficient (Wildman–Crippen LogP) is 2.44. The predicted molar refractivity (Wildman–Crippen MR) is 64.5 cm³/mol. The van der Waals surface area contributed by atoms with Crippen LogP contribution >= 0.6 is 11.6 Å². The van der Waals surface area contributed by atoms with E-state index in [0.29, 0.717) is 6.42 Å². The molecule has 17 heavy (non-hydrogen) atoms. The molecule has 0 aliphatic carbocycles. The van der Waals surface area contributed by atoms with E-state index in [-0.39, 0.29) is 28.3 Å². The van der Waals surface area contributed by atoms with Crippen LogP contribution in [0.2, 0.25) is 5.02 Å². The van der Waals surface area contributed by atoms with Crippen LogP contribution in [0.15, 0.2) is 12.1 Å². The molecular formula is C10H11ClFNO3S. The van der Waals surface area contributed by atoms with Crippen molar-refractivity contribution in [2.24, 2.45) is 0 Å². The summed E-state index contributed by atoms with van der Waals surface area (Å²) in [4.78, 5) is 10.6. The zero-order valence-electron chi connectivity index (χ0n) is 9.04. The normalized spacial score (nSPS) is 11.2. The van der Waals surface area contributed by atoms with Crippen LogP contribution in [0, 0.1) is 5.82 Å². The van der Waals surface area contributed by atoms with Gasteiger partial charge in [-0.25, -0.2) is 12.8 Å². The fourth-order valence-corrected chi connectivity index (χ4v) is 2.57. The van der Waals surface area contributed by atoms with Crippen LogP contribution < -0.4 is 4.72 Å². The highest BCUT2D eigenvalue weighted by atomic mass is 35.5. The van der Waals surface area contributed by atoms with Crippen molar-refractivity contribution < 1.29 is 17.6 Å². The molecule has 0 saturated carbocycles. The highest BCUT2D eigenvalue weighted by Gasteiger charge is 2.16. The Morgan fingerprint density at radius 3 is 2.65 bits per heavy atom. The van der Waals surface area contributed by atoms with Crippen molar-refractivity contribution in [3.63, 3.8) is 0 Å². The molecule has 1 N–H and O–H groups in total. The first kappa shape index (κ1) is 13.9. The number of hydrogen-bond donors (Lipinski definition) is 1. The molecular weight excluding hydrogens is 269 g/mol. The van der Waals surface area contributed by atoms with E-state index in [1.54, 1.807) is 6.92 Å². The van der Waals surface area contributed by atoms with E-state index in [0.717, 1.165) is 0 Å². The molecule has 0 aliphatic rings. The Bertz CT molecular complexity index is 531. The van der Waals surface area contributed by atoms with Crippen molar-refractivity contribution in [3.05, 3.63) is 28.5 Å². The topological polar surface area (TPSA) is 63.2 Å². The molecule has 0 unspecified atom stereocenters. The zero-order valence-corrected chi connectivity index (χ0v) is 10.6. The standard InChI is InChI=1S/C10H11ClFNO3S/c1-2-5-17(15,16)13-9-4-3-8(11)7(6-14)10(9)12/h3-4,6,13H,2,5H2,1H3. The Morgan fingerprint density at radius 2 is 2.12 bits per heavy atom. The molecule has 0 amide bonds. The van der Waals surface area contributed by atoms with Crippen molar-refractivity contribution in [1.82, 2.24) is 0 Å². The summed E-state index contributed by atoms with van der Waals surface area (Å²) >= 11 is 5.59. The van der Waals surface area contributed by atoms with Crippen molar-refractivity contribution in [2.45, 2.75) is 13.3 Å². The van der Waals surface area contributed by atoms with Crippen LogP contribution in [0.5, 0.6) is 0 Å². The lowest BCUT2D eigenvalue weighted by Gasteiger charge is -2.09. The molecule has 0 spiro atoms. The Balaban J connectivity index is 3.13. The van der Waals surface area contributed by atoms with E-state index >= 15 is 0 Å². The molecule has 0 saturated heterocycles. The smallest absolute Gasteiger partial charge is 0.232 e. The van der Waals surface area contributed by atoms with E-state index in [1.165, 1.54) is 12.1 Å². The molecule has 7 heteroatoms. The second-order valence-electron chi connectivity index (χ2n) is 3.36. The number of anilines is 1. The van der Waals surface area contributed by atoms with Gasteiger partial charge >= 0.3 is 0 Å². The Labute approximate surface area is 104 Å². The second-order valence-corrected chi connectivity index (χ2v) is 5.61. The molecule has 0 aromatic heterocycles. The van der Waals surface area contributed by atoms with Crippen molar-refractivity contribution in [2.75, 3.05) is 10.5 Å². The second kappa shape index (κ2) is 5.46. The number of hydrogen-bond acceptors (Lipinski definition) is 3. The van der Waals surface area contributed by atoms with Gasteiger partial charge in [-0.1, -0.05) is 18.5 Å². The summed E-state index contributed by atoms with van der Waals surface area (Å²) in [7, 11) is -3.59. The van der Waals surface area contributed by atoms with Crippen molar-refractivity contribution in [1.29, 1.82) is 0 Å². The molecule has 0 aliphatic heterocycles. The fourth-order valence-electron chi connectivity index (χ4n) is 1.24. The molecule has 0 radical (unpaired) electrons. The van der Waals surface area contributed by atoms with Crippen LogP contribution in [0.1, 0.15) is 23.7 Å². The van der Waals surface area contributed by atoms with Gasteiger partial charge in [0.05, 0.1) is 22.0 Å². The van der Waals surface area contributed by atoms with Crippen molar-refractivity contribution in [3.8, 4) is 0 Å². The van der Waals surface area contributed by atoms with Gasteiger partial charge in [0.2, 0.25) is 10.0 Å². The summed E-state index contributed by atoms with van der Waals surface area (Å²) in [6.07, 6.45) is 0.653. The van der Waals surface area contributed by atoms with E-state index < -0.39 is 15.8 Å². The molecule has 0 heterocycles. The highest BCUT2D eigenvalue weighted by Crippen LogP contribution is 2.24. The number of carbonyl (C=O) groups excluding carboxylic acids is 1. The summed E-state index contributed by atoms with van der Waals surface area (Å²) < 4.78 is 38.6. The van der Waals surface area contributed by atoms with Gasteiger partial charge < -0.3 is 0 Å². The highest BCUT2D eigenvalue weighted by molar-refractivity contribution is 7.92. The molecule has 1 aromatic rings. The molecule has 0 fully saturated rings. The van der Waals surface area contributed by atoms with Gasteiger partial charge in [-0.2, -0.15) is 0 Å². The fraction of sp³-hybridized carbons (Fsp3) is 0.300. The first-order valence-corrected chi connectivity index (χ1v) is 6.88. The minimum Gasteiger partial charge on any atom is -0.298 e. The van der Waals surface area contributed by atoms with E-state index in [4.69, 9.17) is 11.6 Å². The van der Waals surface area contributed by atoms with Gasteiger partial charge in [-0.05, 0) is 18.6 Å². The summed E-state index contributed by atoms with van der Waals surface area (Å²) in [5.74, 6) is -1.09. The third-order valence-electron chi connectivity index (χ3n) is 1.98. The van der Waals surface area contributed by atoms with E-state index in [1.807, 2.05) is 0 Å². The maximum Gasteiger partial charge on any atom is 0.232 e. The average Bonchev–Trinajstić information content (AvgIpc) is 2.23. The Morgan fingerprint density at radius 1 is 1.47 bits per heavy atom. The number of carbonyl (C=O) groups is 1. The number of aldehydes is 1. The lowest BCUT2D eigenvalue weighted by Crippen LogP contribution is -2.17. The SMILES string of the molecule is CCCS(=O)(=O)Nc1ccc(Cl)c(C=O)c1F. The monoisotopic (exact) mass is 279 g/mol. The van der Waals surface area contributed by atoms with Crippen LogP contribution in [0.25, 0.3) is 0 Å². The number of halogens is 2. The van der Waals surface area contributed by atoms with Gasteiger partial charge in [0, 0.05) is 0 Å². The number of rotatable bonds is 5. The molecule has 1 aromatic carbocycles. The summed E-state index contributed by atoms with van der Waals surface area (Å²) in [5, 5.41) is -0.0593. The van der Waals surface area contributed by atoms with Gasteiger partial charge in [0.25, 0.3) is 0 Å². The molecule has 0 atom stereocenters. The van der Waals surface area contributed by atoms with E-state index in [9.17, 15) is 17.6 Å².